The highest BCUT2D eigenvalue weighted by atomic mass is 16.3. The predicted octanol–water partition coefficient (Wildman–Crippen LogP) is -1.47. The van der Waals surface area contributed by atoms with E-state index in [1.54, 1.807) is 46.8 Å². The van der Waals surface area contributed by atoms with Gasteiger partial charge < -0.3 is 68.5 Å². The van der Waals surface area contributed by atoms with Crippen molar-refractivity contribution in [2.24, 2.45) is 28.3 Å². The standard InChI is InChI=1S/C51H85N13O11/c1-11-19-37(46(71)60-42(31(6)12-2)48(73)58-36(22-17-26-55-51(52)53)49(74)64-27-18-23-38(64)45(70)54-13-3)63(10)50(75)43(32(7)65)61-44(69)35(25-24-34-20-15-14-16-21-34)57-47(72)41(30(4)5)59-39(67)28-56-40(68)29-62(9)33(8)66/h14-16,20-21,30-32,35-38,41-43,65H,11-13,17-19,22-29H2,1-10H3,(H,54,70)(H,56,68)(H,57,72)(H,58,73)(H,59,67)(H,60,71)(H,61,69)(H4,52,53,55)/t31-,32+,35+,36-,37-,38-,41-,42-,43-/m0/s1. The second-order valence-electron chi connectivity index (χ2n) is 19.5. The third kappa shape index (κ3) is 21.1. The SMILES string of the molecule is CCC[C@@H](C(=O)N[C@H](C(=O)N[C@@H](CCCN=C(N)N)C(=O)N1CCC[C@H]1C(=O)NCC)[C@@H](C)CC)N(C)C(=O)[C@@H](NC(=O)[C@@H](CCc1ccccc1)NC(=O)[C@@H](NC(=O)CNC(=O)CN(C)C(C)=O)C(C)C)[C@@H](C)O. The molecule has 75 heavy (non-hydrogen) atoms. The molecule has 12 N–H and O–H groups in total. The van der Waals surface area contributed by atoms with Gasteiger partial charge in [0.15, 0.2) is 5.96 Å². The molecule has 1 aliphatic heterocycles. The van der Waals surface area contributed by atoms with Gasteiger partial charge in [0.25, 0.3) is 0 Å². The minimum atomic E-state index is -1.63. The molecule has 1 heterocycles. The zero-order valence-electron chi connectivity index (χ0n) is 45.5. The van der Waals surface area contributed by atoms with Gasteiger partial charge in [-0.3, -0.25) is 52.9 Å². The van der Waals surface area contributed by atoms with Gasteiger partial charge in [0.05, 0.1) is 19.2 Å². The molecule has 0 aliphatic carbocycles. The average Bonchev–Trinajstić information content (AvgIpc) is 3.86. The van der Waals surface area contributed by atoms with Crippen LogP contribution in [0.5, 0.6) is 0 Å². The Bertz CT molecular complexity index is 2120. The van der Waals surface area contributed by atoms with Crippen LogP contribution in [0.3, 0.4) is 0 Å². The second-order valence-corrected chi connectivity index (χ2v) is 19.5. The van der Waals surface area contributed by atoms with E-state index >= 15 is 0 Å². The van der Waals surface area contributed by atoms with Gasteiger partial charge in [-0.25, -0.2) is 0 Å². The predicted molar refractivity (Wildman–Crippen MR) is 282 cm³/mol. The fourth-order valence-electron chi connectivity index (χ4n) is 8.37. The quantitative estimate of drug-likeness (QED) is 0.0231. The van der Waals surface area contributed by atoms with E-state index < -0.39 is 114 Å². The molecule has 1 aromatic carbocycles. The largest absolute Gasteiger partial charge is 0.391 e. The fraction of sp³-hybridized carbons (Fsp3) is 0.667. The van der Waals surface area contributed by atoms with E-state index in [2.05, 4.69) is 42.2 Å². The summed E-state index contributed by atoms with van der Waals surface area (Å²) < 4.78 is 0. The molecule has 1 aliphatic rings. The summed E-state index contributed by atoms with van der Waals surface area (Å²) in [7, 11) is 2.76. The van der Waals surface area contributed by atoms with Gasteiger partial charge in [-0.2, -0.15) is 0 Å². The number of nitrogens with zero attached hydrogens (tertiary/aromatic N) is 4. The van der Waals surface area contributed by atoms with Crippen LogP contribution in [0.15, 0.2) is 35.3 Å². The zero-order valence-corrected chi connectivity index (χ0v) is 45.5. The molecule has 2 rings (SSSR count). The number of likely N-dealkylation sites (tertiary alicyclic amines) is 1. The number of aryl methyl sites for hydroxylation is 1. The summed E-state index contributed by atoms with van der Waals surface area (Å²) in [5, 5.41) is 29.8. The van der Waals surface area contributed by atoms with Gasteiger partial charge in [-0.05, 0) is 76.2 Å². The molecular weight excluding hydrogens is 971 g/mol. The van der Waals surface area contributed by atoms with E-state index in [1.165, 1.54) is 32.8 Å². The van der Waals surface area contributed by atoms with Crippen LogP contribution >= 0.6 is 0 Å². The molecule has 9 atom stereocenters. The van der Waals surface area contributed by atoms with Crippen LogP contribution in [-0.4, -0.2) is 180 Å². The lowest BCUT2D eigenvalue weighted by Crippen LogP contribution is -2.62. The van der Waals surface area contributed by atoms with E-state index in [0.29, 0.717) is 45.2 Å². The van der Waals surface area contributed by atoms with Crippen molar-refractivity contribution in [1.29, 1.82) is 0 Å². The Balaban J connectivity index is 2.39. The van der Waals surface area contributed by atoms with Crippen molar-refractivity contribution in [3.05, 3.63) is 35.9 Å². The Morgan fingerprint density at radius 1 is 0.760 bits per heavy atom. The topological polar surface area (TPSA) is 349 Å². The molecule has 0 aromatic heterocycles. The Kier molecular flexibility index (Phi) is 27.8. The number of nitrogens with two attached hydrogens (primary N) is 2. The molecule has 0 spiro atoms. The third-order valence-corrected chi connectivity index (χ3v) is 13.1. The number of guanidine groups is 1. The van der Waals surface area contributed by atoms with Crippen LogP contribution < -0.4 is 48.7 Å². The minimum absolute atomic E-state index is 0.0199. The van der Waals surface area contributed by atoms with E-state index in [1.807, 2.05) is 25.1 Å². The molecule has 1 fully saturated rings. The molecule has 10 amide bonds. The van der Waals surface area contributed by atoms with Gasteiger partial charge in [0, 0.05) is 40.7 Å². The second kappa shape index (κ2) is 32.5. The Hall–Kier alpha value is -6.85. The summed E-state index contributed by atoms with van der Waals surface area (Å²) in [6.45, 7) is 13.1. The van der Waals surface area contributed by atoms with Crippen LogP contribution in [0.1, 0.15) is 112 Å². The number of aliphatic hydroxyl groups is 1. The Morgan fingerprint density at radius 2 is 1.39 bits per heavy atom. The van der Waals surface area contributed by atoms with Crippen LogP contribution in [0.2, 0.25) is 0 Å². The molecule has 0 unspecified atom stereocenters. The van der Waals surface area contributed by atoms with Crippen molar-refractivity contribution in [3.8, 4) is 0 Å². The van der Waals surface area contributed by atoms with Crippen molar-refractivity contribution < 1.29 is 53.1 Å². The Labute approximate surface area is 441 Å². The molecule has 0 bridgehead atoms. The summed E-state index contributed by atoms with van der Waals surface area (Å²) in [4.78, 5) is 143. The maximum Gasteiger partial charge on any atom is 0.248 e. The highest BCUT2D eigenvalue weighted by molar-refractivity contribution is 5.98. The summed E-state index contributed by atoms with van der Waals surface area (Å²) in [5.74, 6) is -7.40. The van der Waals surface area contributed by atoms with Gasteiger partial charge in [-0.1, -0.05) is 77.8 Å². The number of nitrogens with one attached hydrogen (secondary N) is 7. The van der Waals surface area contributed by atoms with Crippen LogP contribution in [0.25, 0.3) is 0 Å². The number of likely N-dealkylation sites (N-methyl/N-ethyl adjacent to an activating group) is 3. The highest BCUT2D eigenvalue weighted by Gasteiger charge is 2.41. The first-order valence-corrected chi connectivity index (χ1v) is 26.0. The van der Waals surface area contributed by atoms with Crippen molar-refractivity contribution >= 4 is 65.0 Å². The monoisotopic (exact) mass is 1060 g/mol. The number of benzene rings is 1. The Morgan fingerprint density at radius 3 is 1.96 bits per heavy atom. The number of carbonyl (C=O) groups is 10. The molecule has 0 saturated carbocycles. The first-order chi connectivity index (χ1) is 35.4. The maximum absolute atomic E-state index is 14.4. The molecule has 1 saturated heterocycles. The average molecular weight is 1060 g/mol. The highest BCUT2D eigenvalue weighted by Crippen LogP contribution is 2.21. The molecule has 24 heteroatoms. The summed E-state index contributed by atoms with van der Waals surface area (Å²) in [6.07, 6.45) is 1.13. The zero-order chi connectivity index (χ0) is 56.5. The fourth-order valence-corrected chi connectivity index (χ4v) is 8.37. The van der Waals surface area contributed by atoms with Crippen molar-refractivity contribution in [2.75, 3.05) is 46.8 Å². The lowest BCUT2D eigenvalue weighted by molar-refractivity contribution is -0.146. The summed E-state index contributed by atoms with van der Waals surface area (Å²) in [6, 6.07) is 0.701. The number of aliphatic imine (C=N–C) groups is 1. The molecule has 1 aromatic rings. The van der Waals surface area contributed by atoms with Crippen molar-refractivity contribution in [3.63, 3.8) is 0 Å². The smallest absolute Gasteiger partial charge is 0.248 e. The summed E-state index contributed by atoms with van der Waals surface area (Å²) in [5.41, 5.74) is 11.9. The molecule has 420 valence electrons. The van der Waals surface area contributed by atoms with Crippen molar-refractivity contribution in [2.45, 2.75) is 162 Å². The van der Waals surface area contributed by atoms with Crippen LogP contribution in [0, 0.1) is 11.8 Å². The van der Waals surface area contributed by atoms with Gasteiger partial charge >= 0.3 is 0 Å². The summed E-state index contributed by atoms with van der Waals surface area (Å²) >= 11 is 0. The lowest BCUT2D eigenvalue weighted by atomic mass is 9.96. The number of hydrogen-bond donors (Lipinski definition) is 10. The van der Waals surface area contributed by atoms with Crippen molar-refractivity contribution in [1.82, 2.24) is 51.9 Å². The first kappa shape index (κ1) is 64.3. The molecule has 0 radical (unpaired) electrons. The van der Waals surface area contributed by atoms with E-state index in [0.717, 1.165) is 15.4 Å². The van der Waals surface area contributed by atoms with Gasteiger partial charge in [0.2, 0.25) is 59.1 Å². The van der Waals surface area contributed by atoms with Gasteiger partial charge in [0.1, 0.15) is 42.3 Å². The molecular formula is C51H85N13O11. The first-order valence-electron chi connectivity index (χ1n) is 26.0. The number of hydrogen-bond acceptors (Lipinski definition) is 12. The van der Waals surface area contributed by atoms with Crippen LogP contribution in [-0.2, 0) is 54.4 Å². The van der Waals surface area contributed by atoms with Crippen LogP contribution in [0.4, 0.5) is 0 Å². The number of amides is 10. The molecule has 24 nitrogen and oxygen atoms in total. The number of aliphatic hydroxyl groups excluding tert-OH is 1. The normalized spacial score (nSPS) is 16.3. The minimum Gasteiger partial charge on any atom is -0.391 e. The van der Waals surface area contributed by atoms with E-state index in [9.17, 15) is 53.1 Å². The lowest BCUT2D eigenvalue weighted by Gasteiger charge is -2.34. The van der Waals surface area contributed by atoms with E-state index in [4.69, 9.17) is 11.5 Å². The third-order valence-electron chi connectivity index (χ3n) is 13.1. The number of carbonyl (C=O) groups excluding carboxylic acids is 10. The maximum atomic E-state index is 14.4. The van der Waals surface area contributed by atoms with Gasteiger partial charge in [-0.15, -0.1) is 0 Å². The number of rotatable bonds is 31. The van der Waals surface area contributed by atoms with E-state index in [-0.39, 0.29) is 56.5 Å².